The third-order valence-corrected chi connectivity index (χ3v) is 3.64. The molecule has 0 radical (unpaired) electrons. The molecule has 0 aromatic heterocycles. The molecule has 0 aliphatic heterocycles. The number of rotatable bonds is 9. The molecule has 0 unspecified atom stereocenters. The van der Waals surface area contributed by atoms with Crippen LogP contribution in [0.25, 0.3) is 0 Å². The van der Waals surface area contributed by atoms with Crippen LogP contribution in [0.15, 0.2) is 0 Å². The van der Waals surface area contributed by atoms with Crippen molar-refractivity contribution in [3.8, 4) is 0 Å². The van der Waals surface area contributed by atoms with E-state index in [1.807, 2.05) is 18.7 Å². The zero-order valence-corrected chi connectivity index (χ0v) is 12.7. The van der Waals surface area contributed by atoms with Crippen molar-refractivity contribution in [2.24, 2.45) is 17.1 Å². The molecule has 108 valence electrons. The van der Waals surface area contributed by atoms with Gasteiger partial charge in [0, 0.05) is 26.7 Å². The smallest absolute Gasteiger partial charge is 0.230 e. The van der Waals surface area contributed by atoms with Gasteiger partial charge in [0.1, 0.15) is 0 Å². The summed E-state index contributed by atoms with van der Waals surface area (Å²) in [5.41, 5.74) is 5.45. The third-order valence-electron chi connectivity index (χ3n) is 3.64. The Labute approximate surface area is 112 Å². The molecule has 0 spiro atoms. The summed E-state index contributed by atoms with van der Waals surface area (Å²) >= 11 is 0. The molecule has 0 heterocycles. The average molecular weight is 258 g/mol. The Morgan fingerprint density at radius 3 is 2.22 bits per heavy atom. The lowest BCUT2D eigenvalue weighted by Crippen LogP contribution is -2.49. The topological polar surface area (TPSA) is 55.6 Å². The Morgan fingerprint density at radius 2 is 1.89 bits per heavy atom. The Kier molecular flexibility index (Phi) is 8.20. The molecule has 0 bridgehead atoms. The number of carbonyl (C=O) groups excluding carboxylic acids is 1. The normalized spacial score (nSPS) is 11.9. The molecule has 0 rings (SSSR count). The summed E-state index contributed by atoms with van der Waals surface area (Å²) in [6.45, 7) is 10.7. The van der Waals surface area contributed by atoms with Gasteiger partial charge in [0.2, 0.25) is 5.91 Å². The van der Waals surface area contributed by atoms with E-state index in [9.17, 15) is 4.79 Å². The van der Waals surface area contributed by atoms with Crippen LogP contribution in [0, 0.1) is 11.3 Å². The summed E-state index contributed by atoms with van der Waals surface area (Å²) < 4.78 is 5.09. The summed E-state index contributed by atoms with van der Waals surface area (Å²) in [6, 6.07) is 0. The highest BCUT2D eigenvalue weighted by Gasteiger charge is 2.36. The second-order valence-corrected chi connectivity index (χ2v) is 5.33. The first kappa shape index (κ1) is 17.4. The number of nitrogens with two attached hydrogens (primary N) is 1. The van der Waals surface area contributed by atoms with Crippen molar-refractivity contribution in [3.63, 3.8) is 0 Å². The van der Waals surface area contributed by atoms with Gasteiger partial charge < -0.3 is 15.4 Å². The molecule has 0 atom stereocenters. The molecule has 0 saturated heterocycles. The number of nitrogens with zero attached hydrogens (tertiary/aromatic N) is 1. The molecule has 0 aromatic rings. The van der Waals surface area contributed by atoms with Crippen molar-refractivity contribution in [3.05, 3.63) is 0 Å². The predicted octanol–water partition coefficient (Wildman–Crippen LogP) is 1.88. The van der Waals surface area contributed by atoms with Crippen LogP contribution in [-0.2, 0) is 9.53 Å². The van der Waals surface area contributed by atoms with E-state index in [0.717, 1.165) is 19.4 Å². The molecule has 4 heteroatoms. The minimum absolute atomic E-state index is 0.181. The van der Waals surface area contributed by atoms with E-state index in [2.05, 4.69) is 13.8 Å². The van der Waals surface area contributed by atoms with E-state index < -0.39 is 5.41 Å². The number of ether oxygens (including phenoxy) is 1. The maximum Gasteiger partial charge on any atom is 0.230 e. The molecular formula is C14H30N2O2. The van der Waals surface area contributed by atoms with Gasteiger partial charge in [-0.3, -0.25) is 4.79 Å². The fraction of sp³-hybridized carbons (Fsp3) is 0.929. The first-order valence-electron chi connectivity index (χ1n) is 6.95. The Balaban J connectivity index is 4.89. The lowest BCUT2D eigenvalue weighted by molar-refractivity contribution is -0.143. The van der Waals surface area contributed by atoms with Gasteiger partial charge in [0.25, 0.3) is 0 Å². The largest absolute Gasteiger partial charge is 0.383 e. The van der Waals surface area contributed by atoms with Crippen LogP contribution in [0.5, 0.6) is 0 Å². The van der Waals surface area contributed by atoms with Crippen molar-refractivity contribution in [2.75, 3.05) is 33.4 Å². The lowest BCUT2D eigenvalue weighted by atomic mass is 9.80. The number of hydrogen-bond acceptors (Lipinski definition) is 3. The molecule has 0 aliphatic rings. The highest BCUT2D eigenvalue weighted by Crippen LogP contribution is 2.28. The van der Waals surface area contributed by atoms with Gasteiger partial charge in [-0.2, -0.15) is 0 Å². The van der Waals surface area contributed by atoms with Gasteiger partial charge in [-0.15, -0.1) is 0 Å². The maximum atomic E-state index is 12.7. The molecule has 0 saturated carbocycles. The molecule has 0 aromatic carbocycles. The zero-order valence-electron chi connectivity index (χ0n) is 12.7. The van der Waals surface area contributed by atoms with Crippen molar-refractivity contribution in [1.29, 1.82) is 0 Å². The standard InChI is InChI=1S/C14H30N2O2/c1-6-14(7-2,11-15)13(17)16(8-9-18-5)10-12(3)4/h12H,6-11,15H2,1-5H3. The molecule has 2 N–H and O–H groups in total. The van der Waals surface area contributed by atoms with E-state index in [1.54, 1.807) is 7.11 Å². The fourth-order valence-corrected chi connectivity index (χ4v) is 2.18. The van der Waals surface area contributed by atoms with Crippen LogP contribution >= 0.6 is 0 Å². The van der Waals surface area contributed by atoms with Crippen molar-refractivity contribution < 1.29 is 9.53 Å². The van der Waals surface area contributed by atoms with Gasteiger partial charge in [0.15, 0.2) is 0 Å². The van der Waals surface area contributed by atoms with Crippen molar-refractivity contribution in [2.45, 2.75) is 40.5 Å². The van der Waals surface area contributed by atoms with Crippen LogP contribution in [0.4, 0.5) is 0 Å². The predicted molar refractivity (Wildman–Crippen MR) is 75.4 cm³/mol. The van der Waals surface area contributed by atoms with E-state index in [0.29, 0.717) is 25.6 Å². The number of carbonyl (C=O) groups is 1. The second-order valence-electron chi connectivity index (χ2n) is 5.33. The average Bonchev–Trinajstić information content (AvgIpc) is 2.36. The van der Waals surface area contributed by atoms with Crippen LogP contribution in [0.3, 0.4) is 0 Å². The monoisotopic (exact) mass is 258 g/mol. The maximum absolute atomic E-state index is 12.7. The highest BCUT2D eigenvalue weighted by molar-refractivity contribution is 5.83. The van der Waals surface area contributed by atoms with E-state index in [4.69, 9.17) is 10.5 Å². The number of hydrogen-bond donors (Lipinski definition) is 1. The van der Waals surface area contributed by atoms with Crippen molar-refractivity contribution >= 4 is 5.91 Å². The first-order valence-corrected chi connectivity index (χ1v) is 6.95. The quantitative estimate of drug-likeness (QED) is 0.687. The summed E-state index contributed by atoms with van der Waals surface area (Å²) in [7, 11) is 1.66. The van der Waals surface area contributed by atoms with Gasteiger partial charge in [0.05, 0.1) is 12.0 Å². The van der Waals surface area contributed by atoms with Crippen LogP contribution in [-0.4, -0.2) is 44.2 Å². The molecule has 0 fully saturated rings. The highest BCUT2D eigenvalue weighted by atomic mass is 16.5. The Morgan fingerprint density at radius 1 is 1.33 bits per heavy atom. The van der Waals surface area contributed by atoms with Crippen LogP contribution < -0.4 is 5.73 Å². The minimum Gasteiger partial charge on any atom is -0.383 e. The van der Waals surface area contributed by atoms with Gasteiger partial charge in [-0.05, 0) is 18.8 Å². The van der Waals surface area contributed by atoms with Crippen molar-refractivity contribution in [1.82, 2.24) is 4.90 Å². The lowest BCUT2D eigenvalue weighted by Gasteiger charge is -2.36. The van der Waals surface area contributed by atoms with Gasteiger partial charge >= 0.3 is 0 Å². The zero-order chi connectivity index (χ0) is 14.2. The van der Waals surface area contributed by atoms with Gasteiger partial charge in [-0.1, -0.05) is 27.7 Å². The molecule has 4 nitrogen and oxygen atoms in total. The van der Waals surface area contributed by atoms with Gasteiger partial charge in [-0.25, -0.2) is 0 Å². The second kappa shape index (κ2) is 8.48. The Bertz CT molecular complexity index is 230. The fourth-order valence-electron chi connectivity index (χ4n) is 2.18. The summed E-state index contributed by atoms with van der Waals surface area (Å²) in [6.07, 6.45) is 1.58. The first-order chi connectivity index (χ1) is 8.47. The summed E-state index contributed by atoms with van der Waals surface area (Å²) in [4.78, 5) is 14.6. The van der Waals surface area contributed by atoms with Crippen LogP contribution in [0.2, 0.25) is 0 Å². The van der Waals surface area contributed by atoms with E-state index in [-0.39, 0.29) is 5.91 Å². The molecular weight excluding hydrogens is 228 g/mol. The SMILES string of the molecule is CCC(CC)(CN)C(=O)N(CCOC)CC(C)C. The summed E-state index contributed by atoms with van der Waals surface area (Å²) in [5, 5.41) is 0. The van der Waals surface area contributed by atoms with Crippen LogP contribution in [0.1, 0.15) is 40.5 Å². The number of methoxy groups -OCH3 is 1. The minimum atomic E-state index is -0.400. The third kappa shape index (κ3) is 4.58. The molecule has 1 amide bonds. The number of amides is 1. The van der Waals surface area contributed by atoms with E-state index in [1.165, 1.54) is 0 Å². The van der Waals surface area contributed by atoms with E-state index >= 15 is 0 Å². The molecule has 18 heavy (non-hydrogen) atoms. The molecule has 0 aliphatic carbocycles. The Hall–Kier alpha value is -0.610. The summed E-state index contributed by atoms with van der Waals surface area (Å²) in [5.74, 6) is 0.635.